The molecule has 0 saturated heterocycles. The number of aromatic nitrogens is 3. The molecular formula is C8H8ClN3. The average molecular weight is 182 g/mol. The van der Waals surface area contributed by atoms with Crippen LogP contribution < -0.4 is 0 Å². The molecule has 0 aliphatic carbocycles. The van der Waals surface area contributed by atoms with Gasteiger partial charge in [-0.2, -0.15) is 5.10 Å². The summed E-state index contributed by atoms with van der Waals surface area (Å²) >= 11 is 5.86. The average Bonchev–Trinajstić information content (AvgIpc) is 2.35. The Morgan fingerprint density at radius 1 is 1.42 bits per heavy atom. The van der Waals surface area contributed by atoms with Crippen molar-refractivity contribution in [2.75, 3.05) is 0 Å². The van der Waals surface area contributed by atoms with Crippen molar-refractivity contribution in [1.82, 2.24) is 15.2 Å². The zero-order valence-electron chi connectivity index (χ0n) is 6.85. The highest BCUT2D eigenvalue weighted by Crippen LogP contribution is 2.19. The highest BCUT2D eigenvalue weighted by molar-refractivity contribution is 6.30. The maximum Gasteiger partial charge on any atom is 0.132 e. The second-order valence-electron chi connectivity index (χ2n) is 2.81. The summed E-state index contributed by atoms with van der Waals surface area (Å²) in [6, 6.07) is 1.92. The summed E-state index contributed by atoms with van der Waals surface area (Å²) in [5.41, 5.74) is 3.63. The SMILES string of the molecule is Cc1cc2n[nH]c(C)c2nc1Cl. The Morgan fingerprint density at radius 3 is 2.92 bits per heavy atom. The molecule has 0 spiro atoms. The molecule has 2 rings (SSSR count). The topological polar surface area (TPSA) is 41.6 Å². The van der Waals surface area contributed by atoms with E-state index in [1.165, 1.54) is 0 Å². The lowest BCUT2D eigenvalue weighted by atomic mass is 10.2. The number of halogens is 1. The van der Waals surface area contributed by atoms with E-state index in [9.17, 15) is 0 Å². The van der Waals surface area contributed by atoms with Crippen LogP contribution in [0.5, 0.6) is 0 Å². The Hall–Kier alpha value is -1.09. The zero-order chi connectivity index (χ0) is 8.72. The molecule has 0 aliphatic rings. The van der Waals surface area contributed by atoms with Crippen LogP contribution in [0.2, 0.25) is 5.15 Å². The van der Waals surface area contributed by atoms with Crippen molar-refractivity contribution in [2.45, 2.75) is 13.8 Å². The third-order valence-corrected chi connectivity index (χ3v) is 2.21. The predicted octanol–water partition coefficient (Wildman–Crippen LogP) is 2.23. The highest BCUT2D eigenvalue weighted by Gasteiger charge is 2.05. The Morgan fingerprint density at radius 2 is 2.17 bits per heavy atom. The summed E-state index contributed by atoms with van der Waals surface area (Å²) < 4.78 is 0. The van der Waals surface area contributed by atoms with Crippen LogP contribution in [0.4, 0.5) is 0 Å². The predicted molar refractivity (Wildman–Crippen MR) is 48.4 cm³/mol. The van der Waals surface area contributed by atoms with Crippen LogP contribution in [0.25, 0.3) is 11.0 Å². The summed E-state index contributed by atoms with van der Waals surface area (Å²) in [6.07, 6.45) is 0. The molecule has 0 unspecified atom stereocenters. The lowest BCUT2D eigenvalue weighted by Gasteiger charge is -1.95. The summed E-state index contributed by atoms with van der Waals surface area (Å²) in [5.74, 6) is 0. The summed E-state index contributed by atoms with van der Waals surface area (Å²) in [7, 11) is 0. The van der Waals surface area contributed by atoms with Gasteiger partial charge in [-0.1, -0.05) is 11.6 Å². The number of H-pyrrole nitrogens is 1. The zero-order valence-corrected chi connectivity index (χ0v) is 7.61. The molecule has 0 aliphatic heterocycles. The number of hydrogen-bond donors (Lipinski definition) is 1. The number of fused-ring (bicyclic) bond motifs is 1. The van der Waals surface area contributed by atoms with Crippen LogP contribution in [0.3, 0.4) is 0 Å². The molecule has 3 nitrogen and oxygen atoms in total. The van der Waals surface area contributed by atoms with Gasteiger partial charge in [-0.25, -0.2) is 4.98 Å². The number of pyridine rings is 1. The van der Waals surface area contributed by atoms with Crippen molar-refractivity contribution < 1.29 is 0 Å². The van der Waals surface area contributed by atoms with Gasteiger partial charge in [0.05, 0.1) is 5.69 Å². The van der Waals surface area contributed by atoms with Gasteiger partial charge >= 0.3 is 0 Å². The minimum atomic E-state index is 0.548. The van der Waals surface area contributed by atoms with Crippen LogP contribution in [-0.4, -0.2) is 15.2 Å². The van der Waals surface area contributed by atoms with Gasteiger partial charge in [-0.15, -0.1) is 0 Å². The first-order valence-corrected chi connectivity index (χ1v) is 4.04. The van der Waals surface area contributed by atoms with Gasteiger partial charge in [0, 0.05) is 0 Å². The Kier molecular flexibility index (Phi) is 1.54. The van der Waals surface area contributed by atoms with Crippen molar-refractivity contribution in [2.24, 2.45) is 0 Å². The molecule has 2 aromatic rings. The van der Waals surface area contributed by atoms with Crippen LogP contribution in [0.15, 0.2) is 6.07 Å². The molecule has 1 N–H and O–H groups in total. The molecule has 0 aromatic carbocycles. The van der Waals surface area contributed by atoms with Gasteiger partial charge in [0.1, 0.15) is 16.2 Å². The van der Waals surface area contributed by atoms with E-state index < -0.39 is 0 Å². The normalized spacial score (nSPS) is 10.9. The van der Waals surface area contributed by atoms with E-state index in [0.717, 1.165) is 22.3 Å². The van der Waals surface area contributed by atoms with E-state index in [0.29, 0.717) is 5.15 Å². The lowest BCUT2D eigenvalue weighted by molar-refractivity contribution is 1.07. The van der Waals surface area contributed by atoms with E-state index >= 15 is 0 Å². The first kappa shape index (κ1) is 7.55. The molecule has 0 saturated carbocycles. The van der Waals surface area contributed by atoms with Crippen LogP contribution in [-0.2, 0) is 0 Å². The Labute approximate surface area is 74.8 Å². The van der Waals surface area contributed by atoms with Crippen LogP contribution in [0, 0.1) is 13.8 Å². The number of rotatable bonds is 0. The Bertz CT molecular complexity index is 433. The molecule has 0 radical (unpaired) electrons. The first-order valence-electron chi connectivity index (χ1n) is 3.66. The van der Waals surface area contributed by atoms with Crippen molar-refractivity contribution in [3.63, 3.8) is 0 Å². The van der Waals surface area contributed by atoms with E-state index in [2.05, 4.69) is 15.2 Å². The Balaban J connectivity index is 2.87. The van der Waals surface area contributed by atoms with Crippen LogP contribution in [0.1, 0.15) is 11.3 Å². The first-order chi connectivity index (χ1) is 5.68. The third kappa shape index (κ3) is 0.975. The molecule has 0 amide bonds. The fourth-order valence-electron chi connectivity index (χ4n) is 1.13. The van der Waals surface area contributed by atoms with Gasteiger partial charge in [-0.3, -0.25) is 5.10 Å². The van der Waals surface area contributed by atoms with Crippen molar-refractivity contribution in [1.29, 1.82) is 0 Å². The largest absolute Gasteiger partial charge is 0.280 e. The molecule has 2 aromatic heterocycles. The molecule has 4 heteroatoms. The maximum atomic E-state index is 5.86. The summed E-state index contributed by atoms with van der Waals surface area (Å²) in [4.78, 5) is 4.21. The van der Waals surface area contributed by atoms with Crippen LogP contribution >= 0.6 is 11.6 Å². The number of aryl methyl sites for hydroxylation is 2. The van der Waals surface area contributed by atoms with Crippen molar-refractivity contribution >= 4 is 22.6 Å². The second-order valence-corrected chi connectivity index (χ2v) is 3.17. The van der Waals surface area contributed by atoms with Gasteiger partial charge in [0.15, 0.2) is 0 Å². The molecular weight excluding hydrogens is 174 g/mol. The molecule has 2 heterocycles. The number of hydrogen-bond acceptors (Lipinski definition) is 2. The fraction of sp³-hybridized carbons (Fsp3) is 0.250. The minimum Gasteiger partial charge on any atom is -0.280 e. The molecule has 0 atom stereocenters. The summed E-state index contributed by atoms with van der Waals surface area (Å²) in [5, 5.41) is 7.48. The van der Waals surface area contributed by atoms with E-state index in [4.69, 9.17) is 11.6 Å². The quantitative estimate of drug-likeness (QED) is 0.634. The third-order valence-electron chi connectivity index (χ3n) is 1.83. The fourth-order valence-corrected chi connectivity index (χ4v) is 1.27. The number of aromatic amines is 1. The maximum absolute atomic E-state index is 5.86. The van der Waals surface area contributed by atoms with E-state index in [-0.39, 0.29) is 0 Å². The number of nitrogens with zero attached hydrogens (tertiary/aromatic N) is 2. The monoisotopic (exact) mass is 181 g/mol. The molecule has 0 fully saturated rings. The van der Waals surface area contributed by atoms with Gasteiger partial charge in [-0.05, 0) is 25.5 Å². The second kappa shape index (κ2) is 2.45. The molecule has 62 valence electrons. The van der Waals surface area contributed by atoms with E-state index in [1.54, 1.807) is 0 Å². The van der Waals surface area contributed by atoms with Crippen molar-refractivity contribution in [3.8, 4) is 0 Å². The van der Waals surface area contributed by atoms with Gasteiger partial charge < -0.3 is 0 Å². The molecule has 12 heavy (non-hydrogen) atoms. The standard InChI is InChI=1S/C8H8ClN3/c1-4-3-6-7(10-8(4)9)5(2)11-12-6/h3H,1-2H3,(H,11,12). The lowest BCUT2D eigenvalue weighted by Crippen LogP contribution is -1.82. The summed E-state index contributed by atoms with van der Waals surface area (Å²) in [6.45, 7) is 3.84. The minimum absolute atomic E-state index is 0.548. The van der Waals surface area contributed by atoms with Gasteiger partial charge in [0.2, 0.25) is 0 Å². The highest BCUT2D eigenvalue weighted by atomic mass is 35.5. The van der Waals surface area contributed by atoms with Gasteiger partial charge in [0.25, 0.3) is 0 Å². The van der Waals surface area contributed by atoms with E-state index in [1.807, 2.05) is 19.9 Å². The smallest absolute Gasteiger partial charge is 0.132 e. The van der Waals surface area contributed by atoms with Crippen molar-refractivity contribution in [3.05, 3.63) is 22.5 Å². The number of nitrogens with one attached hydrogen (secondary N) is 1. The molecule has 0 bridgehead atoms.